The molecule has 13 heteroatoms. The lowest BCUT2D eigenvalue weighted by Crippen LogP contribution is -2.63. The maximum Gasteiger partial charge on any atom is 0.440 e. The van der Waals surface area contributed by atoms with E-state index in [0.29, 0.717) is 23.8 Å². The van der Waals surface area contributed by atoms with Gasteiger partial charge in [0.1, 0.15) is 5.52 Å². The van der Waals surface area contributed by atoms with Crippen molar-refractivity contribution in [2.45, 2.75) is 68.5 Å². The Morgan fingerprint density at radius 1 is 1.21 bits per heavy atom. The molecule has 2 heterocycles. The van der Waals surface area contributed by atoms with E-state index in [1.54, 1.807) is 0 Å². The number of sulfonamides is 1. The monoisotopic (exact) mass is 499 g/mol. The molecule has 2 amide bonds. The fraction of sp³-hybridized carbons (Fsp3) is 0.571. The van der Waals surface area contributed by atoms with Crippen molar-refractivity contribution in [1.82, 2.24) is 14.9 Å². The number of benzene rings is 1. The third-order valence-corrected chi connectivity index (χ3v) is 8.63. The molecule has 34 heavy (non-hydrogen) atoms. The number of halogens is 3. The average Bonchev–Trinajstić information content (AvgIpc) is 3.27. The number of fused-ring (bicyclic) bond motifs is 3. The van der Waals surface area contributed by atoms with Crippen LogP contribution in [0.3, 0.4) is 0 Å². The molecular formula is C21H24F3N5O4S. The van der Waals surface area contributed by atoms with Crippen molar-refractivity contribution in [3.63, 3.8) is 0 Å². The van der Waals surface area contributed by atoms with Gasteiger partial charge in [-0.25, -0.2) is 13.4 Å². The molecule has 0 spiro atoms. The van der Waals surface area contributed by atoms with Crippen LogP contribution in [0.25, 0.3) is 11.0 Å². The van der Waals surface area contributed by atoms with Crippen LogP contribution in [0.15, 0.2) is 18.2 Å². The smallest absolute Gasteiger partial charge is 0.317 e. The summed E-state index contributed by atoms with van der Waals surface area (Å²) < 4.78 is 71.3. The molecule has 2 aromatic rings. The largest absolute Gasteiger partial charge is 0.440 e. The van der Waals surface area contributed by atoms with E-state index in [0.717, 1.165) is 25.7 Å². The van der Waals surface area contributed by atoms with Crippen LogP contribution >= 0.6 is 0 Å². The van der Waals surface area contributed by atoms with Gasteiger partial charge < -0.3 is 5.32 Å². The molecule has 3 aliphatic rings. The highest BCUT2D eigenvalue weighted by Gasteiger charge is 2.67. The first kappa shape index (κ1) is 22.9. The summed E-state index contributed by atoms with van der Waals surface area (Å²) in [5.41, 5.74) is -3.59. The molecule has 1 unspecified atom stereocenters. The zero-order valence-electron chi connectivity index (χ0n) is 18.1. The molecule has 3 N–H and O–H groups in total. The predicted molar refractivity (Wildman–Crippen MR) is 117 cm³/mol. The van der Waals surface area contributed by atoms with Gasteiger partial charge in [0.05, 0.1) is 16.5 Å². The third-order valence-electron chi connectivity index (χ3n) is 6.77. The molecule has 1 aliphatic heterocycles. The minimum atomic E-state index is -5.19. The first-order chi connectivity index (χ1) is 16.0. The molecule has 2 saturated carbocycles. The molecule has 184 valence electrons. The Bertz CT molecular complexity index is 1270. The van der Waals surface area contributed by atoms with Gasteiger partial charge in [0.25, 0.3) is 11.6 Å². The number of alkyl halides is 3. The summed E-state index contributed by atoms with van der Waals surface area (Å²) in [4.78, 5) is 29.4. The third kappa shape index (κ3) is 3.69. The van der Waals surface area contributed by atoms with E-state index >= 15 is 0 Å². The van der Waals surface area contributed by atoms with Crippen molar-refractivity contribution in [1.29, 1.82) is 0 Å². The van der Waals surface area contributed by atoms with E-state index in [2.05, 4.69) is 15.0 Å². The average molecular weight is 500 g/mol. The number of hydrogen-bond donors (Lipinski definition) is 3. The van der Waals surface area contributed by atoms with Gasteiger partial charge in [0, 0.05) is 6.42 Å². The van der Waals surface area contributed by atoms with Crippen LogP contribution in [0.1, 0.15) is 51.4 Å². The summed E-state index contributed by atoms with van der Waals surface area (Å²) in [7, 11) is -3.70. The highest BCUT2D eigenvalue weighted by atomic mass is 32.2. The lowest BCUT2D eigenvalue weighted by atomic mass is 10.0. The summed E-state index contributed by atoms with van der Waals surface area (Å²) in [6, 6.07) is 4.06. The van der Waals surface area contributed by atoms with Gasteiger partial charge in [-0.3, -0.25) is 24.2 Å². The fourth-order valence-electron chi connectivity index (χ4n) is 4.85. The zero-order valence-corrected chi connectivity index (χ0v) is 18.9. The second-order valence-corrected chi connectivity index (χ2v) is 11.2. The van der Waals surface area contributed by atoms with Gasteiger partial charge in [0.15, 0.2) is 0 Å². The van der Waals surface area contributed by atoms with Crippen LogP contribution < -0.4 is 15.4 Å². The molecular weight excluding hydrogens is 475 g/mol. The number of carbonyl (C=O) groups excluding carboxylic acids is 2. The maximum atomic E-state index is 14.5. The van der Waals surface area contributed by atoms with Crippen LogP contribution in [0.2, 0.25) is 0 Å². The van der Waals surface area contributed by atoms with Gasteiger partial charge in [-0.05, 0) is 37.3 Å². The van der Waals surface area contributed by atoms with Crippen LogP contribution in [-0.2, 0) is 25.3 Å². The number of nitrogens with zero attached hydrogens (tertiary/aromatic N) is 2. The molecule has 1 atom stereocenters. The molecule has 1 aromatic heterocycles. The van der Waals surface area contributed by atoms with Crippen molar-refractivity contribution >= 4 is 44.5 Å². The van der Waals surface area contributed by atoms with Crippen molar-refractivity contribution in [3.05, 3.63) is 18.2 Å². The quantitative estimate of drug-likeness (QED) is 0.540. The number of rotatable bonds is 7. The number of amides is 2. The van der Waals surface area contributed by atoms with Gasteiger partial charge in [-0.1, -0.05) is 31.7 Å². The molecule has 0 bridgehead atoms. The maximum absolute atomic E-state index is 14.5. The molecule has 0 radical (unpaired) electrons. The summed E-state index contributed by atoms with van der Waals surface area (Å²) in [6.45, 7) is 0. The Morgan fingerprint density at radius 2 is 1.91 bits per heavy atom. The summed E-state index contributed by atoms with van der Waals surface area (Å²) >= 11 is 0. The standard InChI is InChI=1S/C21H24F3N5O4S/c22-21(23,24)20(27-16(30)11-8-12-4-1-2-5-12)18(31)26-19-25-17-14(6-3-7-15(17)29(19)20)28-34(32,33)13-9-10-13/h3,6-7,12-13,28H,1-2,4-5,8-11H2,(H,27,30)(H,25,26,31). The zero-order chi connectivity index (χ0) is 24.3. The molecule has 0 saturated heterocycles. The molecule has 1 aromatic carbocycles. The molecule has 2 fully saturated rings. The van der Waals surface area contributed by atoms with E-state index in [-0.39, 0.29) is 29.1 Å². The van der Waals surface area contributed by atoms with Crippen molar-refractivity contribution in [3.8, 4) is 0 Å². The van der Waals surface area contributed by atoms with Crippen LogP contribution in [0, 0.1) is 5.92 Å². The Labute approximate surface area is 193 Å². The second kappa shape index (κ2) is 7.85. The minimum Gasteiger partial charge on any atom is -0.317 e. The van der Waals surface area contributed by atoms with Crippen LogP contribution in [0.4, 0.5) is 24.8 Å². The van der Waals surface area contributed by atoms with Crippen molar-refractivity contribution in [2.75, 3.05) is 10.0 Å². The number of para-hydroxylation sites is 1. The van der Waals surface area contributed by atoms with Gasteiger partial charge in [-0.15, -0.1) is 0 Å². The Morgan fingerprint density at radius 3 is 2.56 bits per heavy atom. The lowest BCUT2D eigenvalue weighted by Gasteiger charge is -2.32. The van der Waals surface area contributed by atoms with E-state index in [4.69, 9.17) is 0 Å². The Kier molecular flexibility index (Phi) is 5.30. The molecule has 2 aliphatic carbocycles. The fourth-order valence-corrected chi connectivity index (χ4v) is 6.25. The molecule has 9 nitrogen and oxygen atoms in total. The minimum absolute atomic E-state index is 0.00387. The highest BCUT2D eigenvalue weighted by molar-refractivity contribution is 7.93. The number of imidazole rings is 1. The number of nitrogens with one attached hydrogen (secondary N) is 3. The number of hydrogen-bond acceptors (Lipinski definition) is 5. The van der Waals surface area contributed by atoms with E-state index in [1.807, 2.05) is 5.32 Å². The van der Waals surface area contributed by atoms with Crippen LogP contribution in [0.5, 0.6) is 0 Å². The van der Waals surface area contributed by atoms with Crippen molar-refractivity contribution in [2.24, 2.45) is 5.92 Å². The summed E-state index contributed by atoms with van der Waals surface area (Å²) in [5.74, 6) is -2.49. The second-order valence-electron chi connectivity index (χ2n) is 9.19. The Balaban J connectivity index is 1.53. The Hall–Kier alpha value is -2.83. The van der Waals surface area contributed by atoms with Gasteiger partial charge in [0.2, 0.25) is 21.9 Å². The topological polar surface area (TPSA) is 122 Å². The highest BCUT2D eigenvalue weighted by Crippen LogP contribution is 2.45. The summed E-state index contributed by atoms with van der Waals surface area (Å²) in [5, 5.41) is 3.51. The molecule has 5 rings (SSSR count). The predicted octanol–water partition coefficient (Wildman–Crippen LogP) is 3.19. The first-order valence-corrected chi connectivity index (χ1v) is 12.8. The first-order valence-electron chi connectivity index (χ1n) is 11.3. The van der Waals surface area contributed by atoms with Gasteiger partial charge in [-0.2, -0.15) is 13.2 Å². The number of anilines is 2. The summed E-state index contributed by atoms with van der Waals surface area (Å²) in [6.07, 6.45) is 0.0911. The number of carbonyl (C=O) groups is 2. The normalized spacial score (nSPS) is 23.2. The number of aromatic nitrogens is 2. The SMILES string of the molecule is O=C(CCC1CCCC1)NC1(C(F)(F)F)C(=O)Nc2nc3c(NS(=O)(=O)C4CC4)cccc3n21. The van der Waals surface area contributed by atoms with Gasteiger partial charge >= 0.3 is 6.18 Å². The lowest BCUT2D eigenvalue weighted by molar-refractivity contribution is -0.217. The van der Waals surface area contributed by atoms with Crippen molar-refractivity contribution < 1.29 is 31.2 Å². The van der Waals surface area contributed by atoms with E-state index < -0.39 is 44.9 Å². The van der Waals surface area contributed by atoms with Crippen LogP contribution in [-0.4, -0.2) is 41.2 Å². The van der Waals surface area contributed by atoms with E-state index in [1.165, 1.54) is 18.2 Å². The van der Waals surface area contributed by atoms with E-state index in [9.17, 15) is 31.2 Å².